The smallest absolute Gasteiger partial charge is 0.335 e. The molecule has 1 aromatic heterocycles. The molecular formula is C33H28ClFN2O6S. The molecular weight excluding hydrogens is 607 g/mol. The Morgan fingerprint density at radius 1 is 0.977 bits per heavy atom. The van der Waals surface area contributed by atoms with Crippen LogP contribution in [0, 0.1) is 5.82 Å². The summed E-state index contributed by atoms with van der Waals surface area (Å²) in [6.07, 6.45) is 0.696. The lowest BCUT2D eigenvalue weighted by molar-refractivity contribution is 0.0697. The molecule has 44 heavy (non-hydrogen) atoms. The zero-order valence-electron chi connectivity index (χ0n) is 23.7. The Kier molecular flexibility index (Phi) is 8.04. The van der Waals surface area contributed by atoms with Gasteiger partial charge in [0.1, 0.15) is 39.6 Å². The molecule has 0 atom stereocenters. The number of hydrogen-bond donors (Lipinski definition) is 1. The van der Waals surface area contributed by atoms with Gasteiger partial charge >= 0.3 is 5.97 Å². The van der Waals surface area contributed by atoms with Crippen LogP contribution in [-0.2, 0) is 16.4 Å². The van der Waals surface area contributed by atoms with Crippen LogP contribution in [-0.4, -0.2) is 47.7 Å². The molecule has 0 aliphatic carbocycles. The molecule has 8 nitrogen and oxygen atoms in total. The first-order valence-electron chi connectivity index (χ1n) is 13.9. The molecule has 0 unspecified atom stereocenters. The van der Waals surface area contributed by atoms with Crippen molar-refractivity contribution in [2.45, 2.75) is 25.5 Å². The van der Waals surface area contributed by atoms with Crippen LogP contribution in [0.4, 0.5) is 4.39 Å². The number of carboxylic acids is 1. The molecule has 226 valence electrons. The number of aromatic nitrogens is 2. The second-order valence-electron chi connectivity index (χ2n) is 10.7. The summed E-state index contributed by atoms with van der Waals surface area (Å²) >= 11 is 6.07. The summed E-state index contributed by atoms with van der Waals surface area (Å²) < 4.78 is 53.4. The van der Waals surface area contributed by atoms with Crippen molar-refractivity contribution < 1.29 is 32.2 Å². The van der Waals surface area contributed by atoms with Crippen LogP contribution < -0.4 is 9.47 Å². The summed E-state index contributed by atoms with van der Waals surface area (Å²) in [4.78, 5) is 16.2. The van der Waals surface area contributed by atoms with E-state index in [1.165, 1.54) is 18.2 Å². The van der Waals surface area contributed by atoms with Gasteiger partial charge < -0.3 is 19.1 Å². The van der Waals surface area contributed by atoms with Gasteiger partial charge in [-0.2, -0.15) is 0 Å². The van der Waals surface area contributed by atoms with Crippen molar-refractivity contribution in [3.8, 4) is 34.0 Å². The standard InChI is InChI=1S/C33H28ClFN2O6S/c1-42-25-7-9-27(20-2-5-23(34)6-3-20)22(16-25)19-43-26-8-10-28(29(35)18-26)32-36-30-17-21(33(38)39)4-11-31(30)37(32)24-12-14-44(40,41)15-13-24/h2-11,16-18,24H,12-15,19H2,1H3,(H,38,39). The van der Waals surface area contributed by atoms with Crippen molar-refractivity contribution in [2.24, 2.45) is 0 Å². The Balaban J connectivity index is 1.33. The van der Waals surface area contributed by atoms with E-state index >= 15 is 4.39 Å². The zero-order chi connectivity index (χ0) is 31.0. The normalized spacial score (nSPS) is 14.9. The number of carbonyl (C=O) groups is 1. The summed E-state index contributed by atoms with van der Waals surface area (Å²) in [5, 5.41) is 10.1. The fourth-order valence-electron chi connectivity index (χ4n) is 5.58. The van der Waals surface area contributed by atoms with Gasteiger partial charge in [-0.05, 0) is 78.6 Å². The highest BCUT2D eigenvalue weighted by Crippen LogP contribution is 2.36. The molecule has 11 heteroatoms. The number of ether oxygens (including phenoxy) is 2. The van der Waals surface area contributed by atoms with Crippen molar-refractivity contribution >= 4 is 38.4 Å². The Labute approximate surface area is 258 Å². The molecule has 0 bridgehead atoms. The van der Waals surface area contributed by atoms with Crippen LogP contribution in [0.25, 0.3) is 33.5 Å². The third-order valence-corrected chi connectivity index (χ3v) is 9.84. The van der Waals surface area contributed by atoms with Crippen molar-refractivity contribution in [2.75, 3.05) is 18.6 Å². The minimum absolute atomic E-state index is 0.0154. The number of rotatable bonds is 8. The number of methoxy groups -OCH3 is 1. The molecule has 1 aliphatic heterocycles. The van der Waals surface area contributed by atoms with Crippen LogP contribution >= 0.6 is 11.6 Å². The van der Waals surface area contributed by atoms with Crippen molar-refractivity contribution in [1.29, 1.82) is 0 Å². The maximum atomic E-state index is 15.8. The number of halogens is 2. The van der Waals surface area contributed by atoms with Crippen LogP contribution in [0.15, 0.2) is 78.9 Å². The lowest BCUT2D eigenvalue weighted by atomic mass is 10.00. The van der Waals surface area contributed by atoms with Gasteiger partial charge in [-0.25, -0.2) is 22.6 Å². The molecule has 6 rings (SSSR count). The fourth-order valence-corrected chi connectivity index (χ4v) is 7.18. The Morgan fingerprint density at radius 3 is 2.36 bits per heavy atom. The van der Waals surface area contributed by atoms with E-state index < -0.39 is 21.6 Å². The SMILES string of the molecule is COc1ccc(-c2ccc(Cl)cc2)c(COc2ccc(-c3nc4cc(C(=O)O)ccc4n3C3CCS(=O)(=O)CC3)c(F)c2)c1. The highest BCUT2D eigenvalue weighted by atomic mass is 35.5. The van der Waals surface area contributed by atoms with Gasteiger partial charge in [-0.15, -0.1) is 0 Å². The quantitative estimate of drug-likeness (QED) is 0.192. The number of fused-ring (bicyclic) bond motifs is 1. The summed E-state index contributed by atoms with van der Waals surface area (Å²) in [6, 6.07) is 21.9. The first-order valence-corrected chi connectivity index (χ1v) is 16.1. The molecule has 0 saturated carbocycles. The van der Waals surface area contributed by atoms with E-state index in [9.17, 15) is 18.3 Å². The molecule has 5 aromatic rings. The van der Waals surface area contributed by atoms with E-state index in [0.717, 1.165) is 16.7 Å². The first kappa shape index (κ1) is 29.7. The second kappa shape index (κ2) is 11.9. The third-order valence-electron chi connectivity index (χ3n) is 7.87. The highest BCUT2D eigenvalue weighted by Gasteiger charge is 2.29. The van der Waals surface area contributed by atoms with E-state index in [1.807, 2.05) is 47.0 Å². The molecule has 2 heterocycles. The summed E-state index contributed by atoms with van der Waals surface area (Å²) in [7, 11) is -1.56. The molecule has 0 amide bonds. The largest absolute Gasteiger partial charge is 0.497 e. The van der Waals surface area contributed by atoms with Gasteiger partial charge in [0, 0.05) is 22.7 Å². The summed E-state index contributed by atoms with van der Waals surface area (Å²) in [5.74, 6) is -0.393. The summed E-state index contributed by atoms with van der Waals surface area (Å²) in [6.45, 7) is 0.140. The molecule has 0 radical (unpaired) electrons. The minimum atomic E-state index is -3.14. The van der Waals surface area contributed by atoms with Crippen LogP contribution in [0.3, 0.4) is 0 Å². The lowest BCUT2D eigenvalue weighted by Crippen LogP contribution is -2.26. The second-order valence-corrected chi connectivity index (χ2v) is 13.4. The molecule has 1 fully saturated rings. The number of carboxylic acid groups (broad SMARTS) is 1. The molecule has 1 N–H and O–H groups in total. The minimum Gasteiger partial charge on any atom is -0.497 e. The fraction of sp³-hybridized carbons (Fsp3) is 0.212. The Bertz CT molecular complexity index is 1980. The monoisotopic (exact) mass is 634 g/mol. The maximum absolute atomic E-state index is 15.8. The Morgan fingerprint density at radius 2 is 1.68 bits per heavy atom. The molecule has 4 aromatic carbocycles. The van der Waals surface area contributed by atoms with Gasteiger partial charge in [0.15, 0.2) is 0 Å². The molecule has 1 saturated heterocycles. The zero-order valence-corrected chi connectivity index (χ0v) is 25.2. The van der Waals surface area contributed by atoms with Gasteiger partial charge in [0.25, 0.3) is 0 Å². The van der Waals surface area contributed by atoms with Crippen molar-refractivity contribution in [3.63, 3.8) is 0 Å². The maximum Gasteiger partial charge on any atom is 0.335 e. The Hall–Kier alpha value is -4.41. The average molecular weight is 635 g/mol. The van der Waals surface area contributed by atoms with E-state index in [0.29, 0.717) is 46.2 Å². The lowest BCUT2D eigenvalue weighted by Gasteiger charge is -2.26. The number of benzene rings is 4. The predicted octanol–water partition coefficient (Wildman–Crippen LogP) is 7.20. The predicted molar refractivity (Wildman–Crippen MR) is 167 cm³/mol. The number of aromatic carboxylic acids is 1. The molecule has 1 aliphatic rings. The van der Waals surface area contributed by atoms with E-state index in [1.54, 1.807) is 25.3 Å². The average Bonchev–Trinajstić information content (AvgIpc) is 3.39. The van der Waals surface area contributed by atoms with E-state index in [2.05, 4.69) is 4.98 Å². The van der Waals surface area contributed by atoms with Crippen LogP contribution in [0.2, 0.25) is 5.02 Å². The van der Waals surface area contributed by atoms with E-state index in [4.69, 9.17) is 21.1 Å². The number of sulfone groups is 1. The number of imidazole rings is 1. The van der Waals surface area contributed by atoms with Crippen LogP contribution in [0.1, 0.15) is 34.8 Å². The van der Waals surface area contributed by atoms with Crippen molar-refractivity contribution in [1.82, 2.24) is 9.55 Å². The third kappa shape index (κ3) is 6.00. The van der Waals surface area contributed by atoms with Gasteiger partial charge in [-0.3, -0.25) is 0 Å². The number of hydrogen-bond acceptors (Lipinski definition) is 6. The van der Waals surface area contributed by atoms with Crippen LogP contribution in [0.5, 0.6) is 11.5 Å². The summed E-state index contributed by atoms with van der Waals surface area (Å²) in [5.41, 5.74) is 3.95. The number of nitrogens with zero attached hydrogens (tertiary/aromatic N) is 2. The van der Waals surface area contributed by atoms with Gasteiger partial charge in [0.05, 0.1) is 40.8 Å². The topological polar surface area (TPSA) is 108 Å². The van der Waals surface area contributed by atoms with E-state index in [-0.39, 0.29) is 35.3 Å². The first-order chi connectivity index (χ1) is 21.1. The van der Waals surface area contributed by atoms with Crippen molar-refractivity contribution in [3.05, 3.63) is 101 Å². The van der Waals surface area contributed by atoms with Gasteiger partial charge in [-0.1, -0.05) is 29.8 Å². The highest BCUT2D eigenvalue weighted by molar-refractivity contribution is 7.91. The van der Waals surface area contributed by atoms with Gasteiger partial charge in [0.2, 0.25) is 0 Å². The molecule has 0 spiro atoms.